The van der Waals surface area contributed by atoms with Gasteiger partial charge in [0.15, 0.2) is 0 Å². The second-order valence-electron chi connectivity index (χ2n) is 6.11. The maximum atomic E-state index is 13.4. The average molecular weight is 346 g/mol. The first kappa shape index (κ1) is 16.9. The van der Waals surface area contributed by atoms with Gasteiger partial charge in [-0.15, -0.1) is 0 Å². The van der Waals surface area contributed by atoms with Crippen molar-refractivity contribution in [1.82, 2.24) is 14.7 Å². The van der Waals surface area contributed by atoms with Crippen molar-refractivity contribution in [2.24, 2.45) is 7.05 Å². The van der Waals surface area contributed by atoms with Gasteiger partial charge in [0.2, 0.25) is 0 Å². The number of rotatable bonds is 3. The van der Waals surface area contributed by atoms with Crippen molar-refractivity contribution in [3.05, 3.63) is 47.5 Å². The van der Waals surface area contributed by atoms with E-state index in [1.807, 2.05) is 17.9 Å². The highest BCUT2D eigenvalue weighted by atomic mass is 19.1. The lowest BCUT2D eigenvalue weighted by molar-refractivity contribution is 0.0632. The van der Waals surface area contributed by atoms with E-state index in [-0.39, 0.29) is 29.0 Å². The van der Waals surface area contributed by atoms with E-state index >= 15 is 0 Å². The Kier molecular flexibility index (Phi) is 4.43. The smallest absolute Gasteiger partial charge is 0.339 e. The van der Waals surface area contributed by atoms with E-state index < -0.39 is 5.97 Å². The summed E-state index contributed by atoms with van der Waals surface area (Å²) in [5, 5.41) is 13.1. The number of piperazine rings is 1. The number of carboxylic acid groups (broad SMARTS) is 1. The number of benzene rings is 1. The van der Waals surface area contributed by atoms with Crippen molar-refractivity contribution >= 4 is 17.6 Å². The molecule has 2 aromatic rings. The summed E-state index contributed by atoms with van der Waals surface area (Å²) in [6.45, 7) is 3.39. The third-order valence-electron chi connectivity index (χ3n) is 4.43. The van der Waals surface area contributed by atoms with Gasteiger partial charge in [-0.05, 0) is 25.1 Å². The highest BCUT2D eigenvalue weighted by Gasteiger charge is 2.32. The Hall–Kier alpha value is -2.90. The Morgan fingerprint density at radius 2 is 2.08 bits per heavy atom. The lowest BCUT2D eigenvalue weighted by Gasteiger charge is -2.41. The fourth-order valence-electron chi connectivity index (χ4n) is 3.15. The van der Waals surface area contributed by atoms with Crippen molar-refractivity contribution in [2.75, 3.05) is 24.5 Å². The number of carboxylic acids is 1. The molecule has 1 fully saturated rings. The average Bonchev–Trinajstić information content (AvgIpc) is 2.96. The van der Waals surface area contributed by atoms with Gasteiger partial charge in [-0.3, -0.25) is 9.48 Å². The number of aromatic carboxylic acids is 1. The van der Waals surface area contributed by atoms with Crippen molar-refractivity contribution < 1.29 is 19.1 Å². The van der Waals surface area contributed by atoms with Crippen LogP contribution in [0.1, 0.15) is 27.8 Å². The maximum absolute atomic E-state index is 13.4. The molecule has 7 nitrogen and oxygen atoms in total. The van der Waals surface area contributed by atoms with Gasteiger partial charge in [0, 0.05) is 38.4 Å². The Bertz CT molecular complexity index is 820. The second-order valence-corrected chi connectivity index (χ2v) is 6.11. The number of carbonyl (C=O) groups is 2. The third kappa shape index (κ3) is 3.19. The first-order chi connectivity index (χ1) is 11.9. The summed E-state index contributed by atoms with van der Waals surface area (Å²) in [5.74, 6) is -1.84. The van der Waals surface area contributed by atoms with Crippen LogP contribution in [-0.4, -0.2) is 57.3 Å². The van der Waals surface area contributed by atoms with Crippen LogP contribution < -0.4 is 4.90 Å². The normalized spacial score (nSPS) is 17.6. The molecule has 3 rings (SSSR count). The fraction of sp³-hybridized carbons (Fsp3) is 0.353. The summed E-state index contributed by atoms with van der Waals surface area (Å²) >= 11 is 0. The van der Waals surface area contributed by atoms with E-state index in [1.54, 1.807) is 18.0 Å². The van der Waals surface area contributed by atoms with Crippen LogP contribution in [0.5, 0.6) is 0 Å². The van der Waals surface area contributed by atoms with Gasteiger partial charge in [0.25, 0.3) is 5.91 Å². The van der Waals surface area contributed by atoms with E-state index in [1.165, 1.54) is 23.0 Å². The van der Waals surface area contributed by atoms with Gasteiger partial charge in [-0.1, -0.05) is 6.07 Å². The van der Waals surface area contributed by atoms with Crippen LogP contribution in [0, 0.1) is 5.82 Å². The molecule has 1 aliphatic heterocycles. The molecular weight excluding hydrogens is 327 g/mol. The summed E-state index contributed by atoms with van der Waals surface area (Å²) in [7, 11) is 1.55. The van der Waals surface area contributed by atoms with Crippen LogP contribution in [0.2, 0.25) is 0 Å². The molecule has 132 valence electrons. The SMILES string of the molecule is CC1CN(c2cccc(F)c2)CCN1C(=O)c1c(C(=O)O)cnn1C. The number of nitrogens with zero attached hydrogens (tertiary/aromatic N) is 4. The second kappa shape index (κ2) is 6.54. The Labute approximate surface area is 144 Å². The van der Waals surface area contributed by atoms with Gasteiger partial charge in [-0.25, -0.2) is 9.18 Å². The summed E-state index contributed by atoms with van der Waals surface area (Å²) in [5.41, 5.74) is 0.733. The Balaban J connectivity index is 1.79. The van der Waals surface area contributed by atoms with E-state index in [0.29, 0.717) is 19.6 Å². The molecule has 1 aliphatic rings. The predicted molar refractivity (Wildman–Crippen MR) is 89.3 cm³/mol. The highest BCUT2D eigenvalue weighted by molar-refractivity contribution is 6.03. The van der Waals surface area contributed by atoms with Crippen LogP contribution in [-0.2, 0) is 7.05 Å². The van der Waals surface area contributed by atoms with Crippen molar-refractivity contribution in [3.8, 4) is 0 Å². The standard InChI is InChI=1S/C17H19FN4O3/c1-11-10-21(13-5-3-4-12(18)8-13)6-7-22(11)16(23)15-14(17(24)25)9-19-20(15)2/h3-5,8-9,11H,6-7,10H2,1-2H3,(H,24,25). The zero-order chi connectivity index (χ0) is 18.1. The van der Waals surface area contributed by atoms with Crippen LogP contribution in [0.3, 0.4) is 0 Å². The molecule has 0 bridgehead atoms. The van der Waals surface area contributed by atoms with Gasteiger partial charge >= 0.3 is 5.97 Å². The first-order valence-electron chi connectivity index (χ1n) is 7.95. The fourth-order valence-corrected chi connectivity index (χ4v) is 3.15. The molecule has 2 heterocycles. The van der Waals surface area contributed by atoms with Crippen molar-refractivity contribution in [2.45, 2.75) is 13.0 Å². The Morgan fingerprint density at radius 3 is 2.72 bits per heavy atom. The molecule has 0 saturated carbocycles. The largest absolute Gasteiger partial charge is 0.478 e. The summed E-state index contributed by atoms with van der Waals surface area (Å²) in [6.07, 6.45) is 1.18. The number of hydrogen-bond donors (Lipinski definition) is 1. The quantitative estimate of drug-likeness (QED) is 0.913. The topological polar surface area (TPSA) is 78.7 Å². The molecule has 1 unspecified atom stereocenters. The molecule has 0 aliphatic carbocycles. The molecule has 1 amide bonds. The van der Waals surface area contributed by atoms with Gasteiger partial charge < -0.3 is 14.9 Å². The minimum Gasteiger partial charge on any atom is -0.478 e. The number of amides is 1. The Morgan fingerprint density at radius 1 is 1.32 bits per heavy atom. The molecule has 8 heteroatoms. The number of aromatic nitrogens is 2. The molecule has 25 heavy (non-hydrogen) atoms. The van der Waals surface area contributed by atoms with Crippen LogP contribution in [0.4, 0.5) is 10.1 Å². The van der Waals surface area contributed by atoms with Crippen LogP contribution in [0.25, 0.3) is 0 Å². The van der Waals surface area contributed by atoms with Gasteiger partial charge in [0.05, 0.1) is 6.20 Å². The molecule has 1 saturated heterocycles. The number of anilines is 1. The number of aryl methyl sites for hydroxylation is 1. The van der Waals surface area contributed by atoms with E-state index in [2.05, 4.69) is 5.10 Å². The van der Waals surface area contributed by atoms with E-state index in [4.69, 9.17) is 0 Å². The number of hydrogen-bond acceptors (Lipinski definition) is 4. The minimum atomic E-state index is -1.18. The maximum Gasteiger partial charge on any atom is 0.339 e. The number of carbonyl (C=O) groups excluding carboxylic acids is 1. The van der Waals surface area contributed by atoms with Gasteiger partial charge in [0.1, 0.15) is 17.1 Å². The molecule has 1 atom stereocenters. The van der Waals surface area contributed by atoms with Gasteiger partial charge in [-0.2, -0.15) is 5.10 Å². The third-order valence-corrected chi connectivity index (χ3v) is 4.43. The molecule has 1 aromatic heterocycles. The number of halogens is 1. The van der Waals surface area contributed by atoms with Crippen molar-refractivity contribution in [1.29, 1.82) is 0 Å². The summed E-state index contributed by atoms with van der Waals surface area (Å²) in [4.78, 5) is 27.8. The minimum absolute atomic E-state index is 0.0681. The first-order valence-corrected chi connectivity index (χ1v) is 7.95. The highest BCUT2D eigenvalue weighted by Crippen LogP contribution is 2.22. The lowest BCUT2D eigenvalue weighted by atomic mass is 10.1. The zero-order valence-electron chi connectivity index (χ0n) is 14.0. The summed E-state index contributed by atoms with van der Waals surface area (Å²) in [6, 6.07) is 6.19. The molecule has 0 spiro atoms. The molecule has 0 radical (unpaired) electrons. The van der Waals surface area contributed by atoms with Crippen LogP contribution in [0.15, 0.2) is 30.5 Å². The molecule has 1 N–H and O–H groups in total. The van der Waals surface area contributed by atoms with Crippen molar-refractivity contribution in [3.63, 3.8) is 0 Å². The predicted octanol–water partition coefficient (Wildman–Crippen LogP) is 1.61. The summed E-state index contributed by atoms with van der Waals surface area (Å²) < 4.78 is 14.7. The monoisotopic (exact) mass is 346 g/mol. The zero-order valence-corrected chi connectivity index (χ0v) is 14.0. The van der Waals surface area contributed by atoms with E-state index in [9.17, 15) is 19.1 Å². The molecular formula is C17H19FN4O3. The molecule has 1 aromatic carbocycles. The lowest BCUT2D eigenvalue weighted by Crippen LogP contribution is -2.54. The van der Waals surface area contributed by atoms with E-state index in [0.717, 1.165) is 5.69 Å². The van der Waals surface area contributed by atoms with Crippen LogP contribution >= 0.6 is 0 Å².